The zero-order chi connectivity index (χ0) is 15.7. The van der Waals surface area contributed by atoms with E-state index in [1.54, 1.807) is 12.1 Å². The van der Waals surface area contributed by atoms with Crippen LogP contribution in [0.5, 0.6) is 5.88 Å². The number of aliphatic hydroxyl groups is 1. The van der Waals surface area contributed by atoms with Gasteiger partial charge in [-0.1, -0.05) is 6.92 Å². The molecule has 2 unspecified atom stereocenters. The van der Waals surface area contributed by atoms with Crippen LogP contribution in [0.3, 0.4) is 0 Å². The Morgan fingerprint density at radius 2 is 2.05 bits per heavy atom. The van der Waals surface area contributed by atoms with Crippen molar-refractivity contribution in [2.45, 2.75) is 52.3 Å². The number of ether oxygens (including phenoxy) is 1. The quantitative estimate of drug-likeness (QED) is 0.681. The minimum Gasteiger partial charge on any atom is -0.474 e. The van der Waals surface area contributed by atoms with Gasteiger partial charge < -0.3 is 15.2 Å². The number of nitrogens with one attached hydrogen (secondary N) is 1. The van der Waals surface area contributed by atoms with Crippen molar-refractivity contribution in [3.8, 4) is 5.88 Å². The van der Waals surface area contributed by atoms with Crippen molar-refractivity contribution in [1.29, 1.82) is 0 Å². The van der Waals surface area contributed by atoms with E-state index < -0.39 is 6.10 Å². The molecular weight excluding hydrogens is 270 g/mol. The Morgan fingerprint density at radius 1 is 1.29 bits per heavy atom. The van der Waals surface area contributed by atoms with Crippen molar-refractivity contribution >= 4 is 5.82 Å². The molecule has 2 atom stereocenters. The van der Waals surface area contributed by atoms with Gasteiger partial charge in [-0.25, -0.2) is 0 Å². The Balaban J connectivity index is 2.35. The van der Waals surface area contributed by atoms with E-state index in [4.69, 9.17) is 4.74 Å². The number of azo groups is 1. The second-order valence-corrected chi connectivity index (χ2v) is 5.22. The first-order valence-electron chi connectivity index (χ1n) is 7.30. The van der Waals surface area contributed by atoms with Crippen LogP contribution in [0.4, 0.5) is 5.82 Å². The highest BCUT2D eigenvalue weighted by atomic mass is 16.5. The maximum atomic E-state index is 9.79. The third-order valence-corrected chi connectivity index (χ3v) is 2.76. The number of hydrogen-bond acceptors (Lipinski definition) is 7. The molecule has 0 saturated heterocycles. The maximum absolute atomic E-state index is 9.79. The summed E-state index contributed by atoms with van der Waals surface area (Å²) in [5.41, 5.74) is 0. The lowest BCUT2D eigenvalue weighted by atomic mass is 10.2. The van der Waals surface area contributed by atoms with Gasteiger partial charge in [0, 0.05) is 18.7 Å². The molecule has 0 saturated carbocycles. The van der Waals surface area contributed by atoms with Crippen LogP contribution >= 0.6 is 0 Å². The Bertz CT molecular complexity index is 422. The van der Waals surface area contributed by atoms with E-state index in [0.29, 0.717) is 24.3 Å². The molecule has 0 aliphatic rings. The Kier molecular flexibility index (Phi) is 7.78. The summed E-state index contributed by atoms with van der Waals surface area (Å²) in [6.45, 7) is 8.69. The van der Waals surface area contributed by atoms with E-state index in [1.165, 1.54) is 0 Å². The zero-order valence-corrected chi connectivity index (χ0v) is 13.2. The van der Waals surface area contributed by atoms with E-state index in [2.05, 4.69) is 39.6 Å². The third kappa shape index (κ3) is 7.67. The van der Waals surface area contributed by atoms with Crippen LogP contribution in [0.1, 0.15) is 34.1 Å². The Labute approximate surface area is 125 Å². The number of aliphatic hydroxyl groups excluding tert-OH is 1. The Hall–Kier alpha value is -1.60. The van der Waals surface area contributed by atoms with Gasteiger partial charge in [0.15, 0.2) is 5.82 Å². The number of rotatable bonds is 9. The van der Waals surface area contributed by atoms with Crippen molar-refractivity contribution < 1.29 is 9.84 Å². The summed E-state index contributed by atoms with van der Waals surface area (Å²) in [4.78, 5) is 0. The topological polar surface area (TPSA) is 92.0 Å². The highest BCUT2D eigenvalue weighted by Crippen LogP contribution is 2.12. The molecule has 2 N–H and O–H groups in total. The van der Waals surface area contributed by atoms with Gasteiger partial charge in [0.25, 0.3) is 0 Å². The van der Waals surface area contributed by atoms with Crippen molar-refractivity contribution in [3.05, 3.63) is 12.1 Å². The zero-order valence-electron chi connectivity index (χ0n) is 13.2. The molecule has 0 bridgehead atoms. The van der Waals surface area contributed by atoms with Crippen LogP contribution in [0.15, 0.2) is 22.4 Å². The smallest absolute Gasteiger partial charge is 0.233 e. The summed E-state index contributed by atoms with van der Waals surface area (Å²) in [6, 6.07) is 3.84. The molecule has 1 rings (SSSR count). The van der Waals surface area contributed by atoms with Crippen LogP contribution in [-0.4, -0.2) is 46.6 Å². The van der Waals surface area contributed by atoms with Crippen molar-refractivity contribution in [3.63, 3.8) is 0 Å². The van der Waals surface area contributed by atoms with Gasteiger partial charge in [-0.05, 0) is 33.3 Å². The summed E-state index contributed by atoms with van der Waals surface area (Å²) < 4.78 is 5.38. The average Bonchev–Trinajstić information content (AvgIpc) is 2.49. The van der Waals surface area contributed by atoms with Crippen LogP contribution in [0, 0.1) is 0 Å². The van der Waals surface area contributed by atoms with Gasteiger partial charge in [-0.15, -0.1) is 15.3 Å². The van der Waals surface area contributed by atoms with Crippen LogP contribution in [-0.2, 0) is 0 Å². The largest absolute Gasteiger partial charge is 0.474 e. The monoisotopic (exact) mass is 295 g/mol. The second kappa shape index (κ2) is 9.36. The van der Waals surface area contributed by atoms with Gasteiger partial charge in [-0.3, -0.25) is 0 Å². The molecule has 0 spiro atoms. The van der Waals surface area contributed by atoms with E-state index in [1.807, 2.05) is 13.8 Å². The number of aromatic nitrogens is 2. The molecule has 1 heterocycles. The first-order chi connectivity index (χ1) is 10.0. The van der Waals surface area contributed by atoms with Crippen molar-refractivity contribution in [2.75, 3.05) is 13.2 Å². The minimum absolute atomic E-state index is 0.121. The van der Waals surface area contributed by atoms with Crippen LogP contribution in [0.25, 0.3) is 0 Å². The fourth-order valence-electron chi connectivity index (χ4n) is 1.34. The maximum Gasteiger partial charge on any atom is 0.233 e. The molecule has 0 amide bonds. The van der Waals surface area contributed by atoms with Crippen LogP contribution < -0.4 is 10.1 Å². The molecule has 0 aliphatic heterocycles. The minimum atomic E-state index is -0.582. The first kappa shape index (κ1) is 17.5. The Morgan fingerprint density at radius 3 is 2.62 bits per heavy atom. The summed E-state index contributed by atoms with van der Waals surface area (Å²) in [7, 11) is 0. The SMILES string of the molecule is CCC(C)NCC(O)COc1ccc(N=NC(C)C)nn1. The summed E-state index contributed by atoms with van der Waals surface area (Å²) in [6.07, 6.45) is 0.437. The van der Waals surface area contributed by atoms with Gasteiger partial charge in [0.05, 0.1) is 6.04 Å². The lowest BCUT2D eigenvalue weighted by Crippen LogP contribution is -2.36. The predicted octanol–water partition coefficient (Wildman–Crippen LogP) is 2.10. The molecule has 7 heteroatoms. The van der Waals surface area contributed by atoms with Crippen LogP contribution in [0.2, 0.25) is 0 Å². The van der Waals surface area contributed by atoms with Gasteiger partial charge in [0.1, 0.15) is 12.7 Å². The van der Waals surface area contributed by atoms with E-state index >= 15 is 0 Å². The molecule has 21 heavy (non-hydrogen) atoms. The lowest BCUT2D eigenvalue weighted by Gasteiger charge is -2.15. The molecule has 0 radical (unpaired) electrons. The number of nitrogens with zero attached hydrogens (tertiary/aromatic N) is 4. The highest BCUT2D eigenvalue weighted by Gasteiger charge is 2.07. The van der Waals surface area contributed by atoms with E-state index in [0.717, 1.165) is 6.42 Å². The summed E-state index contributed by atoms with van der Waals surface area (Å²) in [5.74, 6) is 0.802. The second-order valence-electron chi connectivity index (χ2n) is 5.22. The van der Waals surface area contributed by atoms with E-state index in [9.17, 15) is 5.11 Å². The van der Waals surface area contributed by atoms with Gasteiger partial charge in [0.2, 0.25) is 5.88 Å². The molecule has 7 nitrogen and oxygen atoms in total. The molecule has 1 aromatic heterocycles. The predicted molar refractivity (Wildman–Crippen MR) is 80.9 cm³/mol. The lowest BCUT2D eigenvalue weighted by molar-refractivity contribution is 0.101. The fraction of sp³-hybridized carbons (Fsp3) is 0.714. The fourth-order valence-corrected chi connectivity index (χ4v) is 1.34. The summed E-state index contributed by atoms with van der Waals surface area (Å²) in [5, 5.41) is 28.7. The molecule has 0 aromatic carbocycles. The molecular formula is C14H25N5O2. The van der Waals surface area contributed by atoms with E-state index in [-0.39, 0.29) is 12.6 Å². The highest BCUT2D eigenvalue weighted by molar-refractivity contribution is 5.26. The third-order valence-electron chi connectivity index (χ3n) is 2.76. The molecule has 118 valence electrons. The molecule has 1 aromatic rings. The van der Waals surface area contributed by atoms with Gasteiger partial charge >= 0.3 is 0 Å². The van der Waals surface area contributed by atoms with Gasteiger partial charge in [-0.2, -0.15) is 5.11 Å². The number of hydrogen-bond donors (Lipinski definition) is 2. The van der Waals surface area contributed by atoms with Crippen molar-refractivity contribution in [2.24, 2.45) is 10.2 Å². The summed E-state index contributed by atoms with van der Waals surface area (Å²) >= 11 is 0. The standard InChI is InChI=1S/C14H25N5O2/c1-5-11(4)15-8-12(20)9-21-14-7-6-13(18-19-14)17-16-10(2)3/h6-7,10-12,15,20H,5,8-9H2,1-4H3. The normalized spacial score (nSPS) is 14.6. The average molecular weight is 295 g/mol. The van der Waals surface area contributed by atoms with Crippen molar-refractivity contribution in [1.82, 2.24) is 15.5 Å². The molecule has 0 fully saturated rings. The molecule has 0 aliphatic carbocycles. The first-order valence-corrected chi connectivity index (χ1v) is 7.30.